The average molecular weight is 422 g/mol. The van der Waals surface area contributed by atoms with Crippen LogP contribution in [0.4, 0.5) is 5.82 Å². The van der Waals surface area contributed by atoms with E-state index in [1.54, 1.807) is 6.20 Å². The summed E-state index contributed by atoms with van der Waals surface area (Å²) in [5, 5.41) is 2.67. The van der Waals surface area contributed by atoms with Crippen molar-refractivity contribution in [3.05, 3.63) is 65.5 Å². The summed E-state index contributed by atoms with van der Waals surface area (Å²) >= 11 is 0. The number of hydrogen-bond donors (Lipinski definition) is 2. The zero-order chi connectivity index (χ0) is 22.1. The average Bonchev–Trinajstić information content (AvgIpc) is 3.40. The first-order valence-corrected chi connectivity index (χ1v) is 10.6. The normalized spacial score (nSPS) is 12.3. The van der Waals surface area contributed by atoms with Gasteiger partial charge in [-0.25, -0.2) is 15.0 Å². The molecule has 32 heavy (non-hydrogen) atoms. The summed E-state index contributed by atoms with van der Waals surface area (Å²) in [6.07, 6.45) is 5.04. The van der Waals surface area contributed by atoms with Gasteiger partial charge in [-0.05, 0) is 72.7 Å². The summed E-state index contributed by atoms with van der Waals surface area (Å²) in [5.74, 6) is 6.95. The first-order chi connectivity index (χ1) is 15.6. The van der Waals surface area contributed by atoms with Crippen LogP contribution < -0.4 is 11.1 Å². The SMILES string of the molecule is CC(=O)NCC#Cc1ccc2nc(-c3cccnc3N)n(-c3ccc4c(c3)CCC4)c2n1. The molecular weight excluding hydrogens is 400 g/mol. The smallest absolute Gasteiger partial charge is 0.217 e. The maximum atomic E-state index is 11.1. The third-order valence-corrected chi connectivity index (χ3v) is 5.57. The largest absolute Gasteiger partial charge is 0.383 e. The minimum atomic E-state index is -0.115. The molecule has 0 bridgehead atoms. The predicted molar refractivity (Wildman–Crippen MR) is 124 cm³/mol. The van der Waals surface area contributed by atoms with E-state index >= 15 is 0 Å². The first-order valence-electron chi connectivity index (χ1n) is 10.6. The molecule has 1 aliphatic rings. The van der Waals surface area contributed by atoms with Gasteiger partial charge in [-0.15, -0.1) is 0 Å². The molecule has 0 saturated heterocycles. The summed E-state index contributed by atoms with van der Waals surface area (Å²) < 4.78 is 2.03. The molecule has 7 heteroatoms. The highest BCUT2D eigenvalue weighted by Gasteiger charge is 2.20. The number of benzene rings is 1. The number of nitrogen functional groups attached to an aromatic ring is 1. The van der Waals surface area contributed by atoms with Crippen LogP contribution in [0, 0.1) is 11.8 Å². The van der Waals surface area contributed by atoms with Crippen molar-refractivity contribution in [1.29, 1.82) is 0 Å². The van der Waals surface area contributed by atoms with Crippen LogP contribution in [-0.4, -0.2) is 32.0 Å². The number of nitrogens with one attached hydrogen (secondary N) is 1. The van der Waals surface area contributed by atoms with E-state index in [4.69, 9.17) is 15.7 Å². The highest BCUT2D eigenvalue weighted by Crippen LogP contribution is 2.32. The summed E-state index contributed by atoms with van der Waals surface area (Å²) in [7, 11) is 0. The van der Waals surface area contributed by atoms with Gasteiger partial charge in [0.1, 0.15) is 17.0 Å². The van der Waals surface area contributed by atoms with Gasteiger partial charge in [0.05, 0.1) is 12.1 Å². The molecule has 0 aliphatic heterocycles. The summed E-state index contributed by atoms with van der Waals surface area (Å²) in [5.41, 5.74) is 12.8. The molecule has 0 saturated carbocycles. The molecule has 1 amide bonds. The van der Waals surface area contributed by atoms with Crippen LogP contribution in [0.2, 0.25) is 0 Å². The van der Waals surface area contributed by atoms with Crippen molar-refractivity contribution in [1.82, 2.24) is 24.8 Å². The van der Waals surface area contributed by atoms with Gasteiger partial charge in [0, 0.05) is 18.8 Å². The Balaban J connectivity index is 1.68. The van der Waals surface area contributed by atoms with Crippen LogP contribution in [0.1, 0.15) is 30.2 Å². The molecule has 5 rings (SSSR count). The number of imidazole rings is 1. The minimum absolute atomic E-state index is 0.115. The van der Waals surface area contributed by atoms with E-state index < -0.39 is 0 Å². The van der Waals surface area contributed by atoms with E-state index in [-0.39, 0.29) is 12.5 Å². The third-order valence-electron chi connectivity index (χ3n) is 5.57. The second kappa shape index (κ2) is 8.16. The zero-order valence-corrected chi connectivity index (χ0v) is 17.7. The van der Waals surface area contributed by atoms with Gasteiger partial charge < -0.3 is 11.1 Å². The standard InChI is InChI=1S/C25H22N6O/c1-16(32)27-13-3-7-19-10-12-22-25(29-19)31(20-11-9-17-5-2-6-18(17)15-20)24(30-22)21-8-4-14-28-23(21)26/h4,8-12,14-15H,2,5-6,13H2,1H3,(H2,26,28)(H,27,32). The number of carbonyl (C=O) groups is 1. The van der Waals surface area contributed by atoms with Crippen LogP contribution in [-0.2, 0) is 17.6 Å². The van der Waals surface area contributed by atoms with Crippen molar-refractivity contribution < 1.29 is 4.79 Å². The molecule has 3 heterocycles. The number of carbonyl (C=O) groups excluding carboxylic acids is 1. The first kappa shape index (κ1) is 19.8. The van der Waals surface area contributed by atoms with Crippen LogP contribution in [0.3, 0.4) is 0 Å². The van der Waals surface area contributed by atoms with Crippen LogP contribution in [0.15, 0.2) is 48.7 Å². The van der Waals surface area contributed by atoms with Gasteiger partial charge in [0.2, 0.25) is 5.91 Å². The molecule has 0 radical (unpaired) electrons. The Morgan fingerprint density at radius 1 is 1.16 bits per heavy atom. The maximum Gasteiger partial charge on any atom is 0.217 e. The van der Waals surface area contributed by atoms with E-state index in [0.29, 0.717) is 23.0 Å². The zero-order valence-electron chi connectivity index (χ0n) is 17.7. The second-order valence-electron chi connectivity index (χ2n) is 7.76. The lowest BCUT2D eigenvalue weighted by Gasteiger charge is -2.12. The number of amides is 1. The Kier molecular flexibility index (Phi) is 5.04. The number of rotatable bonds is 3. The Hall–Kier alpha value is -4.18. The van der Waals surface area contributed by atoms with Crippen LogP contribution in [0.5, 0.6) is 0 Å². The maximum absolute atomic E-state index is 11.1. The number of fused-ring (bicyclic) bond motifs is 2. The van der Waals surface area contributed by atoms with Crippen molar-refractivity contribution >= 4 is 22.9 Å². The van der Waals surface area contributed by atoms with Crippen molar-refractivity contribution in [3.63, 3.8) is 0 Å². The monoisotopic (exact) mass is 422 g/mol. The van der Waals surface area contributed by atoms with Crippen LogP contribution in [0.25, 0.3) is 28.2 Å². The van der Waals surface area contributed by atoms with Gasteiger partial charge in [0.25, 0.3) is 0 Å². The lowest BCUT2D eigenvalue weighted by atomic mass is 10.1. The van der Waals surface area contributed by atoms with Crippen molar-refractivity contribution in [2.45, 2.75) is 26.2 Å². The van der Waals surface area contributed by atoms with Crippen LogP contribution >= 0.6 is 0 Å². The minimum Gasteiger partial charge on any atom is -0.383 e. The molecular formula is C25H22N6O. The number of anilines is 1. The Morgan fingerprint density at radius 2 is 2.03 bits per heavy atom. The fraction of sp³-hybridized carbons (Fsp3) is 0.200. The Bertz CT molecular complexity index is 1410. The lowest BCUT2D eigenvalue weighted by Crippen LogP contribution is -2.19. The fourth-order valence-electron chi connectivity index (χ4n) is 4.06. The Morgan fingerprint density at radius 3 is 2.88 bits per heavy atom. The number of nitrogens with zero attached hydrogens (tertiary/aromatic N) is 4. The lowest BCUT2D eigenvalue weighted by molar-refractivity contribution is -0.118. The van der Waals surface area contributed by atoms with Gasteiger partial charge >= 0.3 is 0 Å². The summed E-state index contributed by atoms with van der Waals surface area (Å²) in [6.45, 7) is 1.74. The van der Waals surface area contributed by atoms with Crippen molar-refractivity contribution in [2.24, 2.45) is 0 Å². The predicted octanol–water partition coefficient (Wildman–Crippen LogP) is 3.04. The van der Waals surface area contributed by atoms with Gasteiger partial charge in [-0.2, -0.15) is 0 Å². The molecule has 1 aliphatic carbocycles. The van der Waals surface area contributed by atoms with Gasteiger partial charge in [0.15, 0.2) is 11.5 Å². The molecule has 4 aromatic rings. The molecule has 0 unspecified atom stereocenters. The van der Waals surface area contributed by atoms with Crippen molar-refractivity contribution in [2.75, 3.05) is 12.3 Å². The topological polar surface area (TPSA) is 98.7 Å². The number of aromatic nitrogens is 4. The number of aryl methyl sites for hydroxylation is 2. The molecule has 3 aromatic heterocycles. The molecule has 158 valence electrons. The molecule has 0 atom stereocenters. The number of nitrogens with two attached hydrogens (primary N) is 1. The summed E-state index contributed by atoms with van der Waals surface area (Å²) in [6, 6.07) is 14.0. The van der Waals surface area contributed by atoms with Gasteiger partial charge in [-0.3, -0.25) is 9.36 Å². The van der Waals surface area contributed by atoms with E-state index in [0.717, 1.165) is 29.6 Å². The van der Waals surface area contributed by atoms with E-state index in [2.05, 4.69) is 40.3 Å². The molecule has 1 aromatic carbocycles. The number of pyridine rings is 2. The van der Waals surface area contributed by atoms with E-state index in [1.165, 1.54) is 24.5 Å². The van der Waals surface area contributed by atoms with Crippen molar-refractivity contribution in [3.8, 4) is 28.9 Å². The summed E-state index contributed by atoms with van der Waals surface area (Å²) in [4.78, 5) is 24.9. The fourth-order valence-corrected chi connectivity index (χ4v) is 4.06. The highest BCUT2D eigenvalue weighted by atomic mass is 16.1. The third kappa shape index (κ3) is 3.67. The van der Waals surface area contributed by atoms with E-state index in [9.17, 15) is 4.79 Å². The quantitative estimate of drug-likeness (QED) is 0.495. The molecule has 0 spiro atoms. The number of hydrogen-bond acceptors (Lipinski definition) is 5. The second-order valence-corrected chi connectivity index (χ2v) is 7.76. The highest BCUT2D eigenvalue weighted by molar-refractivity contribution is 5.83. The van der Waals surface area contributed by atoms with E-state index in [1.807, 2.05) is 28.8 Å². The Labute approximate surface area is 185 Å². The van der Waals surface area contributed by atoms with Gasteiger partial charge in [-0.1, -0.05) is 12.0 Å². The molecule has 3 N–H and O–H groups in total. The molecule has 0 fully saturated rings. The molecule has 7 nitrogen and oxygen atoms in total.